The zero-order valence-corrected chi connectivity index (χ0v) is 24.4. The highest BCUT2D eigenvalue weighted by Crippen LogP contribution is 2.29. The average molecular weight is 603 g/mol. The lowest BCUT2D eigenvalue weighted by Crippen LogP contribution is -2.49. The summed E-state index contributed by atoms with van der Waals surface area (Å²) in [4.78, 5) is 37.6. The Kier molecular flexibility index (Phi) is 8.69. The lowest BCUT2D eigenvalue weighted by Gasteiger charge is -2.33. The van der Waals surface area contributed by atoms with E-state index >= 15 is 0 Å². The summed E-state index contributed by atoms with van der Waals surface area (Å²) in [6.07, 6.45) is 2.65. The van der Waals surface area contributed by atoms with Gasteiger partial charge in [-0.25, -0.2) is 18.0 Å². The van der Waals surface area contributed by atoms with Gasteiger partial charge in [0.1, 0.15) is 11.8 Å². The maximum atomic E-state index is 13.5. The molecule has 1 unspecified atom stereocenters. The molecular formula is C31H30N4O7S. The average Bonchev–Trinajstić information content (AvgIpc) is 3.31. The number of nitrogens with one attached hydrogen (secondary N) is 1. The van der Waals surface area contributed by atoms with E-state index in [0.29, 0.717) is 47.5 Å². The van der Waals surface area contributed by atoms with Crippen LogP contribution in [0.1, 0.15) is 31.7 Å². The van der Waals surface area contributed by atoms with Gasteiger partial charge in [0, 0.05) is 12.2 Å². The quantitative estimate of drug-likeness (QED) is 0.233. The molecule has 0 bridgehead atoms. The van der Waals surface area contributed by atoms with E-state index in [1.807, 2.05) is 18.2 Å². The van der Waals surface area contributed by atoms with Gasteiger partial charge in [0.15, 0.2) is 0 Å². The van der Waals surface area contributed by atoms with Crippen LogP contribution in [0.25, 0.3) is 6.08 Å². The molecule has 43 heavy (non-hydrogen) atoms. The molecule has 0 radical (unpaired) electrons. The summed E-state index contributed by atoms with van der Waals surface area (Å²) < 4.78 is 38.3. The number of ether oxygens (including phenoxy) is 2. The van der Waals surface area contributed by atoms with Crippen molar-refractivity contribution in [2.75, 3.05) is 24.0 Å². The van der Waals surface area contributed by atoms with Crippen LogP contribution in [0, 0.1) is 0 Å². The van der Waals surface area contributed by atoms with Crippen molar-refractivity contribution in [1.82, 2.24) is 4.31 Å². The Hall–Kier alpha value is -4.81. The number of hydrogen-bond donors (Lipinski definition) is 1. The molecule has 2 aliphatic heterocycles. The number of hydrogen-bond acceptors (Lipinski definition) is 8. The molecule has 1 atom stereocenters. The molecule has 0 saturated carbocycles. The highest BCUT2D eigenvalue weighted by Gasteiger charge is 2.39. The number of nitrogens with zero attached hydrogens (tertiary/aromatic N) is 3. The van der Waals surface area contributed by atoms with Crippen LogP contribution in [-0.4, -0.2) is 56.1 Å². The third-order valence-electron chi connectivity index (χ3n) is 7.09. The number of benzene rings is 3. The Balaban J connectivity index is 1.27. The molecule has 1 saturated heterocycles. The minimum atomic E-state index is -4.02. The highest BCUT2D eigenvalue weighted by molar-refractivity contribution is 7.89. The number of sulfonamides is 1. The number of amides is 2. The van der Waals surface area contributed by atoms with Crippen molar-refractivity contribution < 1.29 is 32.3 Å². The van der Waals surface area contributed by atoms with Gasteiger partial charge in [-0.05, 0) is 86.4 Å². The van der Waals surface area contributed by atoms with Crippen LogP contribution in [0.2, 0.25) is 0 Å². The Morgan fingerprint density at radius 1 is 0.977 bits per heavy atom. The lowest BCUT2D eigenvalue weighted by molar-refractivity contribution is -0.139. The molecule has 11 nitrogen and oxygen atoms in total. The summed E-state index contributed by atoms with van der Waals surface area (Å²) in [6.45, 7) is 1.94. The van der Waals surface area contributed by atoms with Gasteiger partial charge in [-0.2, -0.15) is 14.4 Å². The van der Waals surface area contributed by atoms with Gasteiger partial charge in [-0.3, -0.25) is 10.1 Å². The van der Waals surface area contributed by atoms with Crippen molar-refractivity contribution in [3.05, 3.63) is 90.0 Å². The minimum Gasteiger partial charge on any atom is -0.453 e. The van der Waals surface area contributed by atoms with Crippen LogP contribution in [0.15, 0.2) is 94.4 Å². The van der Waals surface area contributed by atoms with Crippen molar-refractivity contribution in [3.8, 4) is 5.75 Å². The molecule has 1 N–H and O–H groups in total. The molecule has 0 spiro atoms. The molecule has 1 fully saturated rings. The number of carbonyl (C=O) groups excluding carboxylic acids is 3. The summed E-state index contributed by atoms with van der Waals surface area (Å²) in [7, 11) is -2.79. The fourth-order valence-electron chi connectivity index (χ4n) is 4.85. The monoisotopic (exact) mass is 602 g/mol. The number of carbonyl (C=O) groups is 3. The van der Waals surface area contributed by atoms with Gasteiger partial charge < -0.3 is 9.47 Å². The summed E-state index contributed by atoms with van der Waals surface area (Å²) in [5.74, 6) is -0.666. The Morgan fingerprint density at radius 3 is 2.35 bits per heavy atom. The van der Waals surface area contributed by atoms with Crippen LogP contribution >= 0.6 is 0 Å². The normalized spacial score (nSPS) is 18.3. The number of methoxy groups -OCH3 is 1. The first-order chi connectivity index (χ1) is 20.7. The largest absolute Gasteiger partial charge is 0.453 e. The SMILES string of the molecule is COC(=O)Nc1ccc(S(=O)(=O)N2CCCCC2C(=O)Oc2ccc(/C=C3\C(=O)N(c4ccccc4)N=C3C)cc2)cc1. The molecule has 2 aliphatic rings. The summed E-state index contributed by atoms with van der Waals surface area (Å²) in [5.41, 5.74) is 2.78. The Bertz CT molecular complexity index is 1690. The van der Waals surface area contributed by atoms with Crippen LogP contribution in [0.4, 0.5) is 16.2 Å². The summed E-state index contributed by atoms with van der Waals surface area (Å²) >= 11 is 0. The predicted octanol–water partition coefficient (Wildman–Crippen LogP) is 4.82. The number of piperidine rings is 1. The van der Waals surface area contributed by atoms with E-state index in [4.69, 9.17) is 4.74 Å². The van der Waals surface area contributed by atoms with Crippen LogP contribution in [0.3, 0.4) is 0 Å². The van der Waals surface area contributed by atoms with E-state index in [1.54, 1.807) is 49.4 Å². The van der Waals surface area contributed by atoms with Gasteiger partial charge in [-0.15, -0.1) is 0 Å². The number of para-hydroxylation sites is 1. The second kappa shape index (κ2) is 12.6. The minimum absolute atomic E-state index is 0.00821. The van der Waals surface area contributed by atoms with Gasteiger partial charge in [0.2, 0.25) is 10.0 Å². The van der Waals surface area contributed by atoms with Crippen molar-refractivity contribution in [3.63, 3.8) is 0 Å². The second-order valence-corrected chi connectivity index (χ2v) is 11.8. The van der Waals surface area contributed by atoms with Gasteiger partial charge >= 0.3 is 12.1 Å². The lowest BCUT2D eigenvalue weighted by atomic mass is 10.1. The van der Waals surface area contributed by atoms with Crippen molar-refractivity contribution in [2.45, 2.75) is 37.1 Å². The van der Waals surface area contributed by atoms with Crippen LogP contribution in [0.5, 0.6) is 5.75 Å². The third kappa shape index (κ3) is 6.50. The third-order valence-corrected chi connectivity index (χ3v) is 9.01. The molecule has 0 aliphatic carbocycles. The topological polar surface area (TPSA) is 135 Å². The fraction of sp³-hybridized carbons (Fsp3) is 0.226. The maximum absolute atomic E-state index is 13.5. The number of anilines is 2. The van der Waals surface area contributed by atoms with Crippen molar-refractivity contribution in [1.29, 1.82) is 0 Å². The molecule has 2 heterocycles. The first-order valence-corrected chi connectivity index (χ1v) is 15.1. The number of hydrazone groups is 1. The van der Waals surface area contributed by atoms with Gasteiger partial charge in [-0.1, -0.05) is 30.3 Å². The smallest absolute Gasteiger partial charge is 0.411 e. The van der Waals surface area contributed by atoms with E-state index in [-0.39, 0.29) is 23.1 Å². The molecule has 3 aromatic rings. The standard InChI is InChI=1S/C31H30N4O7S/c1-21-27(29(36)35(33-21)24-8-4-3-5-9-24)20-22-11-15-25(16-12-22)42-30(37)28-10-6-7-19-34(28)43(39,40)26-17-13-23(14-18-26)32-31(38)41-2/h3-5,8-9,11-18,20,28H,6-7,10,19H2,1-2H3,(H,32,38)/b27-20-. The van der Waals surface area contributed by atoms with Crippen LogP contribution in [-0.2, 0) is 24.3 Å². The highest BCUT2D eigenvalue weighted by atomic mass is 32.2. The predicted molar refractivity (Wildman–Crippen MR) is 161 cm³/mol. The van der Waals surface area contributed by atoms with Crippen molar-refractivity contribution >= 4 is 51.2 Å². The molecule has 222 valence electrons. The first kappa shape index (κ1) is 29.7. The molecule has 5 rings (SSSR count). The van der Waals surface area contributed by atoms with E-state index in [0.717, 1.165) is 0 Å². The summed E-state index contributed by atoms with van der Waals surface area (Å²) in [6, 6.07) is 20.4. The summed E-state index contributed by atoms with van der Waals surface area (Å²) in [5, 5.41) is 8.21. The zero-order chi connectivity index (χ0) is 30.6. The van der Waals surface area contributed by atoms with Crippen molar-refractivity contribution in [2.24, 2.45) is 5.10 Å². The maximum Gasteiger partial charge on any atom is 0.411 e. The zero-order valence-electron chi connectivity index (χ0n) is 23.6. The van der Waals surface area contributed by atoms with Gasteiger partial charge in [0.05, 0.1) is 29.0 Å². The Morgan fingerprint density at radius 2 is 1.67 bits per heavy atom. The molecule has 2 amide bonds. The van der Waals surface area contributed by atoms with Crippen LogP contribution < -0.4 is 15.1 Å². The van der Waals surface area contributed by atoms with Gasteiger partial charge in [0.25, 0.3) is 5.91 Å². The fourth-order valence-corrected chi connectivity index (χ4v) is 6.50. The number of rotatable bonds is 7. The first-order valence-electron chi connectivity index (χ1n) is 13.6. The molecule has 3 aromatic carbocycles. The Labute approximate surface area is 249 Å². The molecule has 0 aromatic heterocycles. The van der Waals surface area contributed by atoms with E-state index in [9.17, 15) is 22.8 Å². The second-order valence-electron chi connectivity index (χ2n) is 9.95. The van der Waals surface area contributed by atoms with E-state index in [2.05, 4.69) is 15.2 Å². The van der Waals surface area contributed by atoms with E-state index < -0.39 is 28.1 Å². The van der Waals surface area contributed by atoms with E-state index in [1.165, 1.54) is 40.7 Å². The number of esters is 1. The molecular weight excluding hydrogens is 572 g/mol. The molecule has 12 heteroatoms.